The Morgan fingerprint density at radius 2 is 1.50 bits per heavy atom. The third-order valence-corrected chi connectivity index (χ3v) is 4.72. The minimum absolute atomic E-state index is 0.0145. The summed E-state index contributed by atoms with van der Waals surface area (Å²) < 4.78 is 58.2. The summed E-state index contributed by atoms with van der Waals surface area (Å²) >= 11 is 0. The molecule has 0 radical (unpaired) electrons. The zero-order valence-electron chi connectivity index (χ0n) is 16.8. The maximum atomic E-state index is 12.7. The smallest absolute Gasteiger partial charge is 0.387 e. The Kier molecular flexibility index (Phi) is 7.87. The Morgan fingerprint density at radius 1 is 0.875 bits per heavy atom. The zero-order chi connectivity index (χ0) is 23.1. The lowest BCUT2D eigenvalue weighted by Crippen LogP contribution is -2.50. The number of ether oxygens (including phenoxy) is 2. The summed E-state index contributed by atoms with van der Waals surface area (Å²) in [5.74, 6) is -0.918. The number of nitrogens with zero attached hydrogens (tertiary/aromatic N) is 2. The van der Waals surface area contributed by atoms with E-state index in [0.717, 1.165) is 0 Å². The van der Waals surface area contributed by atoms with Crippen LogP contribution in [0.15, 0.2) is 48.5 Å². The molecule has 2 aromatic carbocycles. The number of hydrogen-bond donors (Lipinski definition) is 1. The van der Waals surface area contributed by atoms with Crippen molar-refractivity contribution < 1.29 is 36.6 Å². The molecule has 7 nitrogen and oxygen atoms in total. The first-order valence-corrected chi connectivity index (χ1v) is 9.72. The van der Waals surface area contributed by atoms with E-state index in [1.165, 1.54) is 47.4 Å². The normalized spacial score (nSPS) is 14.5. The highest BCUT2D eigenvalue weighted by atomic mass is 19.3. The van der Waals surface area contributed by atoms with Gasteiger partial charge >= 0.3 is 13.2 Å². The molecule has 1 N–H and O–H groups in total. The van der Waals surface area contributed by atoms with E-state index in [4.69, 9.17) is 0 Å². The van der Waals surface area contributed by atoms with E-state index in [0.29, 0.717) is 31.9 Å². The van der Waals surface area contributed by atoms with Gasteiger partial charge in [-0.2, -0.15) is 17.6 Å². The number of halogens is 4. The number of alkyl halides is 4. The van der Waals surface area contributed by atoms with Crippen molar-refractivity contribution in [3.05, 3.63) is 54.1 Å². The van der Waals surface area contributed by atoms with Crippen LogP contribution < -0.4 is 14.8 Å². The van der Waals surface area contributed by atoms with Gasteiger partial charge in [-0.3, -0.25) is 14.5 Å². The van der Waals surface area contributed by atoms with Crippen molar-refractivity contribution in [2.75, 3.05) is 38.0 Å². The minimum atomic E-state index is -3.03. The Labute approximate surface area is 181 Å². The molecule has 1 heterocycles. The first kappa shape index (κ1) is 23.3. The predicted molar refractivity (Wildman–Crippen MR) is 107 cm³/mol. The van der Waals surface area contributed by atoms with Crippen LogP contribution >= 0.6 is 0 Å². The molecule has 1 aliphatic rings. The Balaban J connectivity index is 1.48. The van der Waals surface area contributed by atoms with Gasteiger partial charge in [0.05, 0.1) is 12.1 Å². The predicted octanol–water partition coefficient (Wildman–Crippen LogP) is 3.29. The van der Waals surface area contributed by atoms with Crippen LogP contribution in [0.2, 0.25) is 0 Å². The van der Waals surface area contributed by atoms with E-state index < -0.39 is 19.1 Å². The van der Waals surface area contributed by atoms with Gasteiger partial charge in [-0.1, -0.05) is 12.1 Å². The van der Waals surface area contributed by atoms with Gasteiger partial charge in [0.1, 0.15) is 11.5 Å². The number of piperazine rings is 1. The highest BCUT2D eigenvalue weighted by molar-refractivity contribution is 5.97. The van der Waals surface area contributed by atoms with Crippen LogP contribution in [0, 0.1) is 0 Å². The molecule has 11 heteroatoms. The van der Waals surface area contributed by atoms with Gasteiger partial charge < -0.3 is 19.7 Å². The fourth-order valence-corrected chi connectivity index (χ4v) is 3.24. The number of carbonyl (C=O) groups is 2. The van der Waals surface area contributed by atoms with E-state index in [1.807, 2.05) is 4.90 Å². The van der Waals surface area contributed by atoms with Gasteiger partial charge in [-0.15, -0.1) is 0 Å². The van der Waals surface area contributed by atoms with Crippen LogP contribution in [0.4, 0.5) is 23.2 Å². The Morgan fingerprint density at radius 3 is 2.12 bits per heavy atom. The average Bonchev–Trinajstić information content (AvgIpc) is 2.75. The third-order valence-electron chi connectivity index (χ3n) is 4.72. The summed E-state index contributed by atoms with van der Waals surface area (Å²) in [6, 6.07) is 11.4. The van der Waals surface area contributed by atoms with Crippen LogP contribution in [0.5, 0.6) is 11.5 Å². The molecule has 0 spiro atoms. The van der Waals surface area contributed by atoms with Crippen molar-refractivity contribution in [2.45, 2.75) is 13.2 Å². The monoisotopic (exact) mass is 455 g/mol. The topological polar surface area (TPSA) is 71.1 Å². The Hall–Kier alpha value is -3.34. The first-order valence-electron chi connectivity index (χ1n) is 9.72. The summed E-state index contributed by atoms with van der Waals surface area (Å²) in [6.45, 7) is -4.43. The van der Waals surface area contributed by atoms with Gasteiger partial charge in [0.25, 0.3) is 5.91 Å². The summed E-state index contributed by atoms with van der Waals surface area (Å²) in [5, 5.41) is 2.66. The van der Waals surface area contributed by atoms with Crippen molar-refractivity contribution >= 4 is 17.5 Å². The van der Waals surface area contributed by atoms with E-state index in [-0.39, 0.29) is 29.5 Å². The second kappa shape index (κ2) is 10.8. The highest BCUT2D eigenvalue weighted by Crippen LogP contribution is 2.23. The number of carbonyl (C=O) groups excluding carboxylic acids is 2. The second-order valence-corrected chi connectivity index (χ2v) is 6.89. The number of anilines is 1. The first-order chi connectivity index (χ1) is 15.3. The number of nitrogens with one attached hydrogen (secondary N) is 1. The summed E-state index contributed by atoms with van der Waals surface area (Å²) in [7, 11) is 0. The van der Waals surface area contributed by atoms with Gasteiger partial charge in [0.2, 0.25) is 5.91 Å². The van der Waals surface area contributed by atoms with Crippen LogP contribution in [-0.2, 0) is 4.79 Å². The molecule has 0 aliphatic carbocycles. The van der Waals surface area contributed by atoms with Crippen molar-refractivity contribution in [1.29, 1.82) is 0 Å². The molecule has 2 aromatic rings. The summed E-state index contributed by atoms with van der Waals surface area (Å²) in [5.41, 5.74) is 0.485. The molecular formula is C21H21F4N3O4. The molecule has 172 valence electrons. The molecule has 3 rings (SSSR count). The fraction of sp³-hybridized carbons (Fsp3) is 0.333. The molecule has 1 aliphatic heterocycles. The lowest BCUT2D eigenvalue weighted by atomic mass is 10.1. The van der Waals surface area contributed by atoms with Crippen molar-refractivity contribution in [1.82, 2.24) is 9.80 Å². The lowest BCUT2D eigenvalue weighted by molar-refractivity contribution is -0.117. The molecule has 0 unspecified atom stereocenters. The molecular weight excluding hydrogens is 434 g/mol. The van der Waals surface area contributed by atoms with E-state index in [9.17, 15) is 27.2 Å². The van der Waals surface area contributed by atoms with Gasteiger partial charge in [-0.25, -0.2) is 0 Å². The number of rotatable bonds is 8. The number of amides is 2. The minimum Gasteiger partial charge on any atom is -0.435 e. The van der Waals surface area contributed by atoms with Crippen LogP contribution in [0.1, 0.15) is 10.4 Å². The van der Waals surface area contributed by atoms with Gasteiger partial charge in [-0.05, 0) is 36.4 Å². The fourth-order valence-electron chi connectivity index (χ4n) is 3.24. The highest BCUT2D eigenvalue weighted by Gasteiger charge is 2.25. The van der Waals surface area contributed by atoms with Gasteiger partial charge in [0, 0.05) is 31.9 Å². The molecule has 0 aromatic heterocycles. The van der Waals surface area contributed by atoms with E-state index in [2.05, 4.69) is 14.8 Å². The van der Waals surface area contributed by atoms with Crippen LogP contribution in [-0.4, -0.2) is 67.6 Å². The van der Waals surface area contributed by atoms with Gasteiger partial charge in [0.15, 0.2) is 0 Å². The average molecular weight is 455 g/mol. The zero-order valence-corrected chi connectivity index (χ0v) is 16.8. The quantitative estimate of drug-likeness (QED) is 0.619. The van der Waals surface area contributed by atoms with Crippen molar-refractivity contribution in [3.8, 4) is 11.5 Å². The molecule has 1 saturated heterocycles. The van der Waals surface area contributed by atoms with Crippen LogP contribution in [0.25, 0.3) is 0 Å². The van der Waals surface area contributed by atoms with Crippen molar-refractivity contribution in [2.24, 2.45) is 0 Å². The Bertz CT molecular complexity index is 920. The molecule has 2 amide bonds. The summed E-state index contributed by atoms with van der Waals surface area (Å²) in [6.07, 6.45) is 0. The largest absolute Gasteiger partial charge is 0.435 e. The molecule has 0 atom stereocenters. The maximum Gasteiger partial charge on any atom is 0.387 e. The number of hydrogen-bond acceptors (Lipinski definition) is 5. The lowest BCUT2D eigenvalue weighted by Gasteiger charge is -2.34. The maximum absolute atomic E-state index is 12.7. The van der Waals surface area contributed by atoms with Crippen LogP contribution in [0.3, 0.4) is 0 Å². The summed E-state index contributed by atoms with van der Waals surface area (Å²) in [4.78, 5) is 28.3. The van der Waals surface area contributed by atoms with E-state index >= 15 is 0 Å². The van der Waals surface area contributed by atoms with E-state index in [1.54, 1.807) is 6.07 Å². The molecule has 0 saturated carbocycles. The molecule has 32 heavy (non-hydrogen) atoms. The molecule has 1 fully saturated rings. The number of para-hydroxylation sites is 1. The number of benzene rings is 2. The third kappa shape index (κ3) is 6.58. The molecule has 0 bridgehead atoms. The standard InChI is InChI=1S/C21H21F4N3O4/c22-20(23)31-15-7-5-14(6-8-15)26-18(29)13-27-9-11-28(12-10-27)19(30)16-3-1-2-4-17(16)32-21(24)25/h1-8,20-21H,9-13H2,(H,26,29). The second-order valence-electron chi connectivity index (χ2n) is 6.89. The van der Waals surface area contributed by atoms with Crippen molar-refractivity contribution in [3.63, 3.8) is 0 Å². The SMILES string of the molecule is O=C(CN1CCN(C(=O)c2ccccc2OC(F)F)CC1)Nc1ccc(OC(F)F)cc1.